The Hall–Kier alpha value is -2.11. The molecule has 0 radical (unpaired) electrons. The van der Waals surface area contributed by atoms with Crippen molar-refractivity contribution >= 4 is 33.0 Å². The topological polar surface area (TPSA) is 54.5 Å². The SMILES string of the molecule is Cc1ccc(N(C(=O)c2ccccc2Cl)C2C=CS(=O)(=O)C2)cc1C. The van der Waals surface area contributed by atoms with Gasteiger partial charge in [-0.2, -0.15) is 0 Å². The summed E-state index contributed by atoms with van der Waals surface area (Å²) < 4.78 is 23.7. The van der Waals surface area contributed by atoms with Crippen molar-refractivity contribution in [1.29, 1.82) is 0 Å². The van der Waals surface area contributed by atoms with Gasteiger partial charge in [0.25, 0.3) is 5.91 Å². The zero-order valence-electron chi connectivity index (χ0n) is 13.9. The fourth-order valence-electron chi connectivity index (χ4n) is 2.82. The van der Waals surface area contributed by atoms with Crippen molar-refractivity contribution in [3.05, 3.63) is 75.7 Å². The molecule has 2 aromatic carbocycles. The van der Waals surface area contributed by atoms with E-state index in [1.165, 1.54) is 10.3 Å². The van der Waals surface area contributed by atoms with Crippen LogP contribution in [0.3, 0.4) is 0 Å². The van der Waals surface area contributed by atoms with E-state index in [1.807, 2.05) is 32.0 Å². The van der Waals surface area contributed by atoms with E-state index in [-0.39, 0.29) is 11.7 Å². The van der Waals surface area contributed by atoms with Crippen LogP contribution >= 0.6 is 11.6 Å². The van der Waals surface area contributed by atoms with Gasteiger partial charge in [-0.25, -0.2) is 8.42 Å². The first-order valence-corrected chi connectivity index (χ1v) is 9.94. The standard InChI is InChI=1S/C19H18ClNO3S/c1-13-7-8-15(11-14(13)2)21(16-9-10-25(23,24)12-16)19(22)17-5-3-4-6-18(17)20/h3-11,16H,12H2,1-2H3. The van der Waals surface area contributed by atoms with Crippen LogP contribution in [0, 0.1) is 13.8 Å². The maximum Gasteiger partial charge on any atom is 0.260 e. The molecule has 1 aliphatic heterocycles. The lowest BCUT2D eigenvalue weighted by Gasteiger charge is -2.28. The zero-order chi connectivity index (χ0) is 18.2. The summed E-state index contributed by atoms with van der Waals surface area (Å²) in [5.41, 5.74) is 3.13. The quantitative estimate of drug-likeness (QED) is 0.817. The summed E-state index contributed by atoms with van der Waals surface area (Å²) in [4.78, 5) is 14.7. The summed E-state index contributed by atoms with van der Waals surface area (Å²) >= 11 is 6.19. The van der Waals surface area contributed by atoms with Crippen molar-refractivity contribution in [2.75, 3.05) is 10.7 Å². The molecular weight excluding hydrogens is 358 g/mol. The first-order valence-electron chi connectivity index (χ1n) is 7.85. The second-order valence-corrected chi connectivity index (χ2v) is 8.49. The van der Waals surface area contributed by atoms with Crippen molar-refractivity contribution in [3.8, 4) is 0 Å². The second kappa shape index (κ2) is 6.65. The molecule has 0 fully saturated rings. The Kier molecular flexibility index (Phi) is 4.71. The first-order chi connectivity index (χ1) is 11.8. The molecule has 1 atom stereocenters. The van der Waals surface area contributed by atoms with Crippen LogP contribution in [0.2, 0.25) is 5.02 Å². The summed E-state index contributed by atoms with van der Waals surface area (Å²) in [6.45, 7) is 3.94. The van der Waals surface area contributed by atoms with E-state index in [4.69, 9.17) is 11.6 Å². The van der Waals surface area contributed by atoms with Crippen molar-refractivity contribution in [2.45, 2.75) is 19.9 Å². The molecular formula is C19H18ClNO3S. The highest BCUT2D eigenvalue weighted by atomic mass is 35.5. The van der Waals surface area contributed by atoms with E-state index in [2.05, 4.69) is 0 Å². The lowest BCUT2D eigenvalue weighted by atomic mass is 10.1. The number of hydrogen-bond acceptors (Lipinski definition) is 3. The smallest absolute Gasteiger partial charge is 0.260 e. The normalized spacial score (nSPS) is 18.3. The highest BCUT2D eigenvalue weighted by Crippen LogP contribution is 2.28. The number of halogens is 1. The molecule has 1 aliphatic rings. The van der Waals surface area contributed by atoms with E-state index in [9.17, 15) is 13.2 Å². The summed E-state index contributed by atoms with van der Waals surface area (Å²) in [5, 5.41) is 1.51. The Balaban J connectivity index is 2.09. The van der Waals surface area contributed by atoms with Gasteiger partial charge in [-0.3, -0.25) is 4.79 Å². The van der Waals surface area contributed by atoms with Gasteiger partial charge in [0.1, 0.15) is 0 Å². The number of nitrogens with zero attached hydrogens (tertiary/aromatic N) is 1. The van der Waals surface area contributed by atoms with Gasteiger partial charge in [0, 0.05) is 11.1 Å². The average Bonchev–Trinajstić information content (AvgIpc) is 2.91. The van der Waals surface area contributed by atoms with E-state index in [0.717, 1.165) is 11.1 Å². The van der Waals surface area contributed by atoms with Gasteiger partial charge in [-0.05, 0) is 55.3 Å². The molecule has 0 bridgehead atoms. The molecule has 3 rings (SSSR count). The molecule has 0 N–H and O–H groups in total. The molecule has 0 saturated carbocycles. The van der Waals surface area contributed by atoms with Gasteiger partial charge in [-0.1, -0.05) is 29.8 Å². The van der Waals surface area contributed by atoms with Crippen molar-refractivity contribution in [3.63, 3.8) is 0 Å². The van der Waals surface area contributed by atoms with Crippen LogP contribution in [-0.2, 0) is 9.84 Å². The highest BCUT2D eigenvalue weighted by molar-refractivity contribution is 7.94. The number of sulfone groups is 1. The Labute approximate surface area is 152 Å². The molecule has 0 saturated heterocycles. The van der Waals surface area contributed by atoms with Gasteiger partial charge in [0.15, 0.2) is 9.84 Å². The number of hydrogen-bond donors (Lipinski definition) is 0. The minimum absolute atomic E-state index is 0.129. The maximum absolute atomic E-state index is 13.2. The average molecular weight is 376 g/mol. The number of amides is 1. The Morgan fingerprint density at radius 2 is 1.84 bits per heavy atom. The molecule has 1 amide bonds. The minimum Gasteiger partial charge on any atom is -0.300 e. The molecule has 25 heavy (non-hydrogen) atoms. The van der Waals surface area contributed by atoms with Gasteiger partial charge < -0.3 is 4.90 Å². The van der Waals surface area contributed by atoms with Crippen molar-refractivity contribution in [1.82, 2.24) is 0 Å². The molecule has 6 heteroatoms. The largest absolute Gasteiger partial charge is 0.300 e. The minimum atomic E-state index is -3.30. The van der Waals surface area contributed by atoms with Gasteiger partial charge >= 0.3 is 0 Å². The zero-order valence-corrected chi connectivity index (χ0v) is 15.5. The molecule has 2 aromatic rings. The number of benzene rings is 2. The monoisotopic (exact) mass is 375 g/mol. The lowest BCUT2D eigenvalue weighted by molar-refractivity contribution is 0.0983. The molecule has 0 spiro atoms. The summed E-state index contributed by atoms with van der Waals surface area (Å²) in [6, 6.07) is 11.9. The van der Waals surface area contributed by atoms with Crippen molar-refractivity contribution < 1.29 is 13.2 Å². The van der Waals surface area contributed by atoms with Gasteiger partial charge in [-0.15, -0.1) is 0 Å². The van der Waals surface area contributed by atoms with Gasteiger partial charge in [0.2, 0.25) is 0 Å². The van der Waals surface area contributed by atoms with Crippen LogP contribution < -0.4 is 4.90 Å². The number of carbonyl (C=O) groups is 1. The summed E-state index contributed by atoms with van der Waals surface area (Å²) in [7, 11) is -3.30. The van der Waals surface area contributed by atoms with E-state index in [0.29, 0.717) is 16.3 Å². The molecule has 0 aromatic heterocycles. The Bertz CT molecular complexity index is 966. The number of aryl methyl sites for hydroxylation is 2. The summed E-state index contributed by atoms with van der Waals surface area (Å²) in [6.07, 6.45) is 1.55. The third-order valence-electron chi connectivity index (χ3n) is 4.33. The van der Waals surface area contributed by atoms with E-state index >= 15 is 0 Å². The Morgan fingerprint density at radius 3 is 2.44 bits per heavy atom. The van der Waals surface area contributed by atoms with E-state index < -0.39 is 15.9 Å². The molecule has 130 valence electrons. The lowest BCUT2D eigenvalue weighted by Crippen LogP contribution is -2.41. The predicted molar refractivity (Wildman–Crippen MR) is 101 cm³/mol. The number of rotatable bonds is 3. The predicted octanol–water partition coefficient (Wildman–Crippen LogP) is 3.91. The van der Waals surface area contributed by atoms with Crippen LogP contribution in [0.1, 0.15) is 21.5 Å². The fraction of sp³-hybridized carbons (Fsp3) is 0.211. The van der Waals surface area contributed by atoms with Crippen molar-refractivity contribution in [2.24, 2.45) is 0 Å². The highest BCUT2D eigenvalue weighted by Gasteiger charge is 2.32. The number of anilines is 1. The number of carbonyl (C=O) groups excluding carboxylic acids is 1. The van der Waals surface area contributed by atoms with Crippen LogP contribution in [0.5, 0.6) is 0 Å². The molecule has 1 unspecified atom stereocenters. The molecule has 4 nitrogen and oxygen atoms in total. The fourth-order valence-corrected chi connectivity index (χ4v) is 4.30. The van der Waals surface area contributed by atoms with Crippen LogP contribution in [0.4, 0.5) is 5.69 Å². The van der Waals surface area contributed by atoms with Crippen LogP contribution in [-0.4, -0.2) is 26.1 Å². The second-order valence-electron chi connectivity index (χ2n) is 6.15. The maximum atomic E-state index is 13.2. The molecule has 0 aliphatic carbocycles. The third-order valence-corrected chi connectivity index (χ3v) is 6.04. The van der Waals surface area contributed by atoms with Crippen LogP contribution in [0.15, 0.2) is 53.9 Å². The van der Waals surface area contributed by atoms with Gasteiger partial charge in [0.05, 0.1) is 22.4 Å². The first kappa shape index (κ1) is 17.7. The third kappa shape index (κ3) is 3.62. The molecule has 1 heterocycles. The van der Waals surface area contributed by atoms with E-state index in [1.54, 1.807) is 30.3 Å². The Morgan fingerprint density at radius 1 is 1.12 bits per heavy atom. The summed E-state index contributed by atoms with van der Waals surface area (Å²) in [5.74, 6) is -0.448. The van der Waals surface area contributed by atoms with Crippen LogP contribution in [0.25, 0.3) is 0 Å².